The lowest BCUT2D eigenvalue weighted by molar-refractivity contribution is -0.870. The molecule has 292 valence electrons. The molecule has 0 aromatic carbocycles. The monoisotopic (exact) mass is 717 g/mol. The van der Waals surface area contributed by atoms with Crippen molar-refractivity contribution in [3.63, 3.8) is 0 Å². The second-order valence-corrected chi connectivity index (χ2v) is 16.8. The first-order chi connectivity index (χ1) is 23.5. The highest BCUT2D eigenvalue weighted by molar-refractivity contribution is 7.45. The van der Waals surface area contributed by atoms with Crippen LogP contribution in [0.3, 0.4) is 0 Å². The number of allylic oxidation sites excluding steroid dienone is 1. The number of phosphoric ester groups is 1. The Labute approximate surface area is 303 Å². The summed E-state index contributed by atoms with van der Waals surface area (Å²) >= 11 is 0. The summed E-state index contributed by atoms with van der Waals surface area (Å²) in [6.45, 7) is 4.49. The van der Waals surface area contributed by atoms with E-state index in [1.165, 1.54) is 128 Å². The van der Waals surface area contributed by atoms with Crippen molar-refractivity contribution in [1.82, 2.24) is 5.32 Å². The van der Waals surface area contributed by atoms with Crippen LogP contribution in [0.1, 0.15) is 187 Å². The highest BCUT2D eigenvalue weighted by Gasteiger charge is 2.23. The SMILES string of the molecule is CCCC/C=C/C(O)C(COP(=O)([O-])OCC[N+](C)(C)C)NC(=O)CCCCCCCCCCCCCCCCCCCCCCCCC. The van der Waals surface area contributed by atoms with Crippen molar-refractivity contribution in [2.24, 2.45) is 0 Å². The normalized spacial score (nSPS) is 14.7. The molecule has 0 aromatic heterocycles. The number of carbonyl (C=O) groups is 1. The summed E-state index contributed by atoms with van der Waals surface area (Å²) in [6.07, 6.45) is 36.2. The number of hydrogen-bond acceptors (Lipinski definition) is 6. The van der Waals surface area contributed by atoms with Crippen molar-refractivity contribution in [1.29, 1.82) is 0 Å². The van der Waals surface area contributed by atoms with E-state index in [1.807, 2.05) is 27.2 Å². The second kappa shape index (κ2) is 33.1. The first-order valence-corrected chi connectivity index (χ1v) is 22.0. The summed E-state index contributed by atoms with van der Waals surface area (Å²) in [7, 11) is 1.26. The molecule has 2 N–H and O–H groups in total. The molecule has 8 nitrogen and oxygen atoms in total. The topological polar surface area (TPSA) is 108 Å². The molecule has 0 rings (SSSR count). The van der Waals surface area contributed by atoms with Gasteiger partial charge in [0.1, 0.15) is 13.2 Å². The number of aliphatic hydroxyl groups excluding tert-OH is 1. The number of quaternary nitrogens is 1. The third-order valence-corrected chi connectivity index (χ3v) is 10.2. The molecule has 0 radical (unpaired) electrons. The summed E-state index contributed by atoms with van der Waals surface area (Å²) in [5, 5.41) is 13.5. The lowest BCUT2D eigenvalue weighted by Gasteiger charge is -2.29. The van der Waals surface area contributed by atoms with Gasteiger partial charge in [0.25, 0.3) is 7.82 Å². The molecular weight excluding hydrogens is 635 g/mol. The van der Waals surface area contributed by atoms with E-state index in [0.717, 1.165) is 38.5 Å². The number of aliphatic hydroxyl groups is 1. The highest BCUT2D eigenvalue weighted by atomic mass is 31.2. The molecule has 0 aromatic rings. The van der Waals surface area contributed by atoms with Crippen molar-refractivity contribution in [2.75, 3.05) is 40.9 Å². The first-order valence-electron chi connectivity index (χ1n) is 20.6. The standard InChI is InChI=1S/C40H81N2O6P/c1-6-8-10-12-13-14-15-16-17-18-19-20-21-22-23-24-25-26-27-28-29-30-32-34-40(44)41-38(39(43)33-31-11-9-7-2)37-48-49(45,46)47-36-35-42(3,4)5/h31,33,38-39,43H,6-30,32,34-37H2,1-5H3,(H-,41,44,45,46)/b33-31+. The molecule has 0 fully saturated rings. The van der Waals surface area contributed by atoms with Gasteiger partial charge in [0.15, 0.2) is 0 Å². The van der Waals surface area contributed by atoms with E-state index in [0.29, 0.717) is 17.4 Å². The van der Waals surface area contributed by atoms with Crippen LogP contribution < -0.4 is 10.2 Å². The highest BCUT2D eigenvalue weighted by Crippen LogP contribution is 2.38. The fraction of sp³-hybridized carbons (Fsp3) is 0.925. The zero-order valence-corrected chi connectivity index (χ0v) is 33.8. The largest absolute Gasteiger partial charge is 0.756 e. The van der Waals surface area contributed by atoms with E-state index < -0.39 is 20.0 Å². The molecule has 0 aliphatic rings. The Bertz CT molecular complexity index is 819. The molecule has 0 saturated heterocycles. The van der Waals surface area contributed by atoms with Gasteiger partial charge in [-0.2, -0.15) is 0 Å². The summed E-state index contributed by atoms with van der Waals surface area (Å²) in [5.41, 5.74) is 0. The number of carbonyl (C=O) groups excluding carboxylic acids is 1. The van der Waals surface area contributed by atoms with Crippen molar-refractivity contribution < 1.29 is 32.9 Å². The van der Waals surface area contributed by atoms with Gasteiger partial charge in [-0.3, -0.25) is 9.36 Å². The predicted molar refractivity (Wildman–Crippen MR) is 205 cm³/mol. The number of rotatable bonds is 37. The van der Waals surface area contributed by atoms with Crippen LogP contribution >= 0.6 is 7.82 Å². The molecule has 0 aliphatic heterocycles. The summed E-state index contributed by atoms with van der Waals surface area (Å²) in [6, 6.07) is -0.876. The quantitative estimate of drug-likeness (QED) is 0.0287. The van der Waals surface area contributed by atoms with E-state index in [1.54, 1.807) is 6.08 Å². The second-order valence-electron chi connectivity index (χ2n) is 15.4. The minimum Gasteiger partial charge on any atom is -0.756 e. The van der Waals surface area contributed by atoms with E-state index in [2.05, 4.69) is 19.2 Å². The van der Waals surface area contributed by atoms with E-state index >= 15 is 0 Å². The Hall–Kier alpha value is -0.760. The lowest BCUT2D eigenvalue weighted by Crippen LogP contribution is -2.45. The van der Waals surface area contributed by atoms with E-state index in [4.69, 9.17) is 9.05 Å². The minimum atomic E-state index is -4.56. The molecule has 3 atom stereocenters. The maximum Gasteiger partial charge on any atom is 0.268 e. The average molecular weight is 717 g/mol. The van der Waals surface area contributed by atoms with Gasteiger partial charge in [-0.1, -0.05) is 180 Å². The summed E-state index contributed by atoms with van der Waals surface area (Å²) in [4.78, 5) is 25.0. The van der Waals surface area contributed by atoms with Crippen LogP contribution in [0, 0.1) is 0 Å². The third-order valence-electron chi connectivity index (χ3n) is 9.25. The fourth-order valence-electron chi connectivity index (χ4n) is 5.90. The lowest BCUT2D eigenvalue weighted by atomic mass is 10.0. The van der Waals surface area contributed by atoms with Crippen LogP contribution in [0.4, 0.5) is 0 Å². The molecular formula is C40H81N2O6P. The van der Waals surface area contributed by atoms with Gasteiger partial charge in [-0.05, 0) is 12.8 Å². The van der Waals surface area contributed by atoms with Crippen molar-refractivity contribution in [3.05, 3.63) is 12.2 Å². The van der Waals surface area contributed by atoms with Gasteiger partial charge in [-0.15, -0.1) is 0 Å². The van der Waals surface area contributed by atoms with Crippen molar-refractivity contribution in [3.8, 4) is 0 Å². The molecule has 0 aliphatic carbocycles. The molecule has 0 saturated carbocycles. The average Bonchev–Trinajstić information content (AvgIpc) is 3.04. The van der Waals surface area contributed by atoms with Crippen LogP contribution in [0.2, 0.25) is 0 Å². The van der Waals surface area contributed by atoms with Gasteiger partial charge >= 0.3 is 0 Å². The first kappa shape index (κ1) is 48.2. The Morgan fingerprint density at radius 3 is 1.51 bits per heavy atom. The van der Waals surface area contributed by atoms with Crippen LogP contribution in [0.25, 0.3) is 0 Å². The Morgan fingerprint density at radius 1 is 0.694 bits per heavy atom. The van der Waals surface area contributed by atoms with Gasteiger partial charge in [0, 0.05) is 6.42 Å². The number of hydrogen-bond donors (Lipinski definition) is 2. The van der Waals surface area contributed by atoms with Gasteiger partial charge < -0.3 is 28.8 Å². The van der Waals surface area contributed by atoms with Crippen molar-refractivity contribution >= 4 is 13.7 Å². The summed E-state index contributed by atoms with van der Waals surface area (Å²) in [5.74, 6) is -0.204. The molecule has 0 heterocycles. The predicted octanol–water partition coefficient (Wildman–Crippen LogP) is 10.2. The van der Waals surface area contributed by atoms with E-state index in [-0.39, 0.29) is 19.1 Å². The number of likely N-dealkylation sites (N-methyl/N-ethyl adjacent to an activating group) is 1. The Kier molecular flexibility index (Phi) is 32.6. The fourth-order valence-corrected chi connectivity index (χ4v) is 6.63. The third kappa shape index (κ3) is 35.4. The Balaban J connectivity index is 3.95. The Morgan fingerprint density at radius 2 is 1.10 bits per heavy atom. The molecule has 49 heavy (non-hydrogen) atoms. The van der Waals surface area contributed by atoms with Crippen LogP contribution in [-0.4, -0.2) is 68.5 Å². The molecule has 1 amide bonds. The number of nitrogens with zero attached hydrogens (tertiary/aromatic N) is 1. The minimum absolute atomic E-state index is 0.000312. The molecule has 0 spiro atoms. The number of phosphoric acid groups is 1. The van der Waals surface area contributed by atoms with Crippen LogP contribution in [-0.2, 0) is 18.4 Å². The van der Waals surface area contributed by atoms with Crippen LogP contribution in [0.5, 0.6) is 0 Å². The molecule has 3 unspecified atom stereocenters. The van der Waals surface area contributed by atoms with Gasteiger partial charge in [-0.25, -0.2) is 0 Å². The number of nitrogens with one attached hydrogen (secondary N) is 1. The summed E-state index contributed by atoms with van der Waals surface area (Å²) < 4.78 is 22.9. The van der Waals surface area contributed by atoms with Crippen molar-refractivity contribution in [2.45, 2.75) is 199 Å². The van der Waals surface area contributed by atoms with Gasteiger partial charge in [0.05, 0.1) is 39.9 Å². The number of unbranched alkanes of at least 4 members (excludes halogenated alkanes) is 24. The smallest absolute Gasteiger partial charge is 0.268 e. The van der Waals surface area contributed by atoms with E-state index in [9.17, 15) is 19.4 Å². The zero-order valence-electron chi connectivity index (χ0n) is 32.9. The number of amides is 1. The van der Waals surface area contributed by atoms with Gasteiger partial charge in [0.2, 0.25) is 5.91 Å². The van der Waals surface area contributed by atoms with Crippen LogP contribution in [0.15, 0.2) is 12.2 Å². The zero-order chi connectivity index (χ0) is 36.5. The maximum absolute atomic E-state index is 12.7. The maximum atomic E-state index is 12.7. The molecule has 0 bridgehead atoms. The molecule has 9 heteroatoms.